The monoisotopic (exact) mass is 326 g/mol. The third kappa shape index (κ3) is 5.01. The Morgan fingerprint density at radius 1 is 1.17 bits per heavy atom. The molecule has 0 spiro atoms. The number of hydrogen-bond donors (Lipinski definition) is 2. The maximum Gasteiger partial charge on any atom is 0.259 e. The molecule has 0 aliphatic carbocycles. The van der Waals surface area contributed by atoms with E-state index in [0.717, 1.165) is 16.9 Å². The minimum atomic E-state index is -0.234. The van der Waals surface area contributed by atoms with Gasteiger partial charge in [0.25, 0.3) is 5.91 Å². The first kappa shape index (κ1) is 17.3. The summed E-state index contributed by atoms with van der Waals surface area (Å²) >= 11 is 0. The summed E-state index contributed by atoms with van der Waals surface area (Å²) in [5, 5.41) is 6.98. The van der Waals surface area contributed by atoms with Crippen LogP contribution in [0.25, 0.3) is 0 Å². The normalized spacial score (nSPS) is 10.5. The SMILES string of the molecule is COc1ccccc1NCC(=O)NN=Cc1ccc(N(C)C)cc1. The number of hydrazone groups is 1. The fraction of sp³-hybridized carbons (Fsp3) is 0.222. The summed E-state index contributed by atoms with van der Waals surface area (Å²) in [7, 11) is 5.56. The van der Waals surface area contributed by atoms with Crippen LogP contribution in [0.2, 0.25) is 0 Å². The van der Waals surface area contributed by atoms with Crippen molar-refractivity contribution < 1.29 is 9.53 Å². The van der Waals surface area contributed by atoms with Gasteiger partial charge in [-0.3, -0.25) is 4.79 Å². The van der Waals surface area contributed by atoms with E-state index in [-0.39, 0.29) is 12.5 Å². The second-order valence-corrected chi connectivity index (χ2v) is 5.33. The van der Waals surface area contributed by atoms with Crippen molar-refractivity contribution in [3.8, 4) is 5.75 Å². The van der Waals surface area contributed by atoms with Crippen molar-refractivity contribution >= 4 is 23.5 Å². The fourth-order valence-corrected chi connectivity index (χ4v) is 2.04. The molecule has 0 radical (unpaired) electrons. The summed E-state index contributed by atoms with van der Waals surface area (Å²) in [4.78, 5) is 13.8. The molecule has 0 saturated carbocycles. The van der Waals surface area contributed by atoms with Crippen LogP contribution in [0.4, 0.5) is 11.4 Å². The Hall–Kier alpha value is -3.02. The molecule has 126 valence electrons. The van der Waals surface area contributed by atoms with E-state index < -0.39 is 0 Å². The molecule has 6 nitrogen and oxygen atoms in total. The zero-order valence-electron chi connectivity index (χ0n) is 14.1. The largest absolute Gasteiger partial charge is 0.495 e. The summed E-state index contributed by atoms with van der Waals surface area (Å²) in [6, 6.07) is 15.3. The van der Waals surface area contributed by atoms with Crippen LogP contribution in [0, 0.1) is 0 Å². The zero-order valence-corrected chi connectivity index (χ0v) is 14.1. The standard InChI is InChI=1S/C18H22N4O2/c1-22(2)15-10-8-14(9-11-15)12-20-21-18(23)13-19-16-6-4-5-7-17(16)24-3/h4-12,19H,13H2,1-3H3,(H,21,23). The molecule has 0 bridgehead atoms. The van der Waals surface area contributed by atoms with Gasteiger partial charge in [-0.15, -0.1) is 0 Å². The lowest BCUT2D eigenvalue weighted by atomic mass is 10.2. The maximum absolute atomic E-state index is 11.8. The number of carbonyl (C=O) groups excluding carboxylic acids is 1. The average molecular weight is 326 g/mol. The molecule has 24 heavy (non-hydrogen) atoms. The van der Waals surface area contributed by atoms with E-state index in [1.54, 1.807) is 13.3 Å². The molecule has 6 heteroatoms. The molecule has 2 aromatic rings. The number of benzene rings is 2. The Balaban J connectivity index is 1.82. The highest BCUT2D eigenvalue weighted by Crippen LogP contribution is 2.22. The summed E-state index contributed by atoms with van der Waals surface area (Å²) < 4.78 is 5.22. The van der Waals surface area contributed by atoms with Crippen LogP contribution in [-0.2, 0) is 4.79 Å². The Morgan fingerprint density at radius 2 is 1.88 bits per heavy atom. The van der Waals surface area contributed by atoms with Gasteiger partial charge in [-0.05, 0) is 29.8 Å². The minimum Gasteiger partial charge on any atom is -0.495 e. The van der Waals surface area contributed by atoms with Gasteiger partial charge < -0.3 is 15.0 Å². The number of nitrogens with zero attached hydrogens (tertiary/aromatic N) is 2. The smallest absolute Gasteiger partial charge is 0.259 e. The summed E-state index contributed by atoms with van der Waals surface area (Å²) in [6.07, 6.45) is 1.61. The molecule has 0 atom stereocenters. The highest BCUT2D eigenvalue weighted by atomic mass is 16.5. The van der Waals surface area contributed by atoms with Gasteiger partial charge in [0.15, 0.2) is 0 Å². The van der Waals surface area contributed by atoms with Gasteiger partial charge >= 0.3 is 0 Å². The van der Waals surface area contributed by atoms with Crippen molar-refractivity contribution in [2.24, 2.45) is 5.10 Å². The number of anilines is 2. The molecular formula is C18H22N4O2. The first-order chi connectivity index (χ1) is 11.6. The van der Waals surface area contributed by atoms with Crippen molar-refractivity contribution in [1.29, 1.82) is 0 Å². The summed E-state index contributed by atoms with van der Waals surface area (Å²) in [5.41, 5.74) is 5.28. The molecule has 2 rings (SSSR count). The molecule has 0 fully saturated rings. The van der Waals surface area contributed by atoms with Crippen molar-refractivity contribution in [3.63, 3.8) is 0 Å². The van der Waals surface area contributed by atoms with Gasteiger partial charge in [-0.2, -0.15) is 5.10 Å². The number of hydrogen-bond acceptors (Lipinski definition) is 5. The lowest BCUT2D eigenvalue weighted by molar-refractivity contribution is -0.119. The maximum atomic E-state index is 11.8. The van der Waals surface area contributed by atoms with E-state index in [1.165, 1.54) is 0 Å². The van der Waals surface area contributed by atoms with Gasteiger partial charge in [0.1, 0.15) is 5.75 Å². The van der Waals surface area contributed by atoms with E-state index >= 15 is 0 Å². The summed E-state index contributed by atoms with van der Waals surface area (Å²) in [5.74, 6) is 0.455. The predicted molar refractivity (Wildman–Crippen MR) is 98.0 cm³/mol. The number of para-hydroxylation sites is 2. The average Bonchev–Trinajstić information content (AvgIpc) is 2.60. The lowest BCUT2D eigenvalue weighted by Gasteiger charge is -2.11. The number of rotatable bonds is 7. The Kier molecular flexibility index (Phi) is 6.19. The van der Waals surface area contributed by atoms with E-state index in [2.05, 4.69) is 15.8 Å². The van der Waals surface area contributed by atoms with Crippen molar-refractivity contribution in [2.45, 2.75) is 0 Å². The third-order valence-corrected chi connectivity index (χ3v) is 3.36. The quantitative estimate of drug-likeness (QED) is 0.605. The van der Waals surface area contributed by atoms with Crippen LogP contribution < -0.4 is 20.4 Å². The van der Waals surface area contributed by atoms with Crippen molar-refractivity contribution in [1.82, 2.24) is 5.43 Å². The molecule has 0 aliphatic heterocycles. The molecule has 0 saturated heterocycles. The highest BCUT2D eigenvalue weighted by Gasteiger charge is 2.03. The van der Waals surface area contributed by atoms with E-state index in [0.29, 0.717) is 5.75 Å². The lowest BCUT2D eigenvalue weighted by Crippen LogP contribution is -2.26. The number of methoxy groups -OCH3 is 1. The number of carbonyl (C=O) groups is 1. The van der Waals surface area contributed by atoms with Crippen molar-refractivity contribution in [2.75, 3.05) is 38.0 Å². The Bertz CT molecular complexity index is 696. The molecule has 1 amide bonds. The predicted octanol–water partition coefficient (Wildman–Crippen LogP) is 2.32. The third-order valence-electron chi connectivity index (χ3n) is 3.36. The van der Waals surface area contributed by atoms with Crippen molar-refractivity contribution in [3.05, 3.63) is 54.1 Å². The van der Waals surface area contributed by atoms with E-state index in [1.807, 2.05) is 67.5 Å². The molecule has 0 heterocycles. The second kappa shape index (κ2) is 8.57. The topological polar surface area (TPSA) is 66.0 Å². The Morgan fingerprint density at radius 3 is 2.54 bits per heavy atom. The number of ether oxygens (including phenoxy) is 1. The first-order valence-corrected chi connectivity index (χ1v) is 7.56. The van der Waals surface area contributed by atoms with Crippen LogP contribution in [0.5, 0.6) is 5.75 Å². The molecule has 2 N–H and O–H groups in total. The van der Waals surface area contributed by atoms with Gasteiger partial charge in [-0.25, -0.2) is 5.43 Å². The molecular weight excluding hydrogens is 304 g/mol. The van der Waals surface area contributed by atoms with Crippen LogP contribution >= 0.6 is 0 Å². The van der Waals surface area contributed by atoms with E-state index in [4.69, 9.17) is 4.74 Å². The fourth-order valence-electron chi connectivity index (χ4n) is 2.04. The number of nitrogens with one attached hydrogen (secondary N) is 2. The number of amides is 1. The molecule has 0 unspecified atom stereocenters. The van der Waals surface area contributed by atoms with Gasteiger partial charge in [0, 0.05) is 19.8 Å². The van der Waals surface area contributed by atoms with Crippen LogP contribution in [-0.4, -0.2) is 39.9 Å². The Labute approximate surface area is 142 Å². The van der Waals surface area contributed by atoms with E-state index in [9.17, 15) is 4.79 Å². The van der Waals surface area contributed by atoms with Crippen LogP contribution in [0.3, 0.4) is 0 Å². The molecule has 0 aromatic heterocycles. The first-order valence-electron chi connectivity index (χ1n) is 7.56. The molecule has 2 aromatic carbocycles. The van der Waals surface area contributed by atoms with Crippen LogP contribution in [0.1, 0.15) is 5.56 Å². The molecule has 0 aliphatic rings. The highest BCUT2D eigenvalue weighted by molar-refractivity contribution is 5.84. The van der Waals surface area contributed by atoms with Gasteiger partial charge in [0.2, 0.25) is 0 Å². The van der Waals surface area contributed by atoms with Gasteiger partial charge in [-0.1, -0.05) is 24.3 Å². The summed E-state index contributed by atoms with van der Waals surface area (Å²) in [6.45, 7) is 0.108. The van der Waals surface area contributed by atoms with Crippen LogP contribution in [0.15, 0.2) is 53.6 Å². The second-order valence-electron chi connectivity index (χ2n) is 5.33. The minimum absolute atomic E-state index is 0.108. The van der Waals surface area contributed by atoms with Gasteiger partial charge in [0.05, 0.1) is 25.6 Å². The zero-order chi connectivity index (χ0) is 17.4.